The van der Waals surface area contributed by atoms with Crippen LogP contribution >= 0.6 is 0 Å². The molecular formula is C21H27N2O+. The van der Waals surface area contributed by atoms with Gasteiger partial charge in [-0.2, -0.15) is 0 Å². The second-order valence-electron chi connectivity index (χ2n) is 6.29. The van der Waals surface area contributed by atoms with E-state index in [4.69, 9.17) is 0 Å². The lowest BCUT2D eigenvalue weighted by molar-refractivity contribution is -0.562. The molecule has 1 N–H and O–H groups in total. The standard InChI is InChI=1S/C21H27N2O/c1-3-17-11-8-12-18(4-2)21(17)23-14-13-22(16-23)20(15-24)19-9-6-5-7-10-19/h5-12,16,20,24H,3-4,13-15H2,1-2H3/q+1/t20-/m1/s1. The highest BCUT2D eigenvalue weighted by Gasteiger charge is 2.29. The van der Waals surface area contributed by atoms with Crippen molar-refractivity contribution in [2.45, 2.75) is 32.7 Å². The fourth-order valence-electron chi connectivity index (χ4n) is 3.58. The Morgan fingerprint density at radius 1 is 1.00 bits per heavy atom. The third-order valence-electron chi connectivity index (χ3n) is 4.90. The quantitative estimate of drug-likeness (QED) is 0.825. The number of hydrogen-bond acceptors (Lipinski definition) is 2. The first kappa shape index (κ1) is 16.7. The Morgan fingerprint density at radius 2 is 1.67 bits per heavy atom. The van der Waals surface area contributed by atoms with Gasteiger partial charge in [-0.1, -0.05) is 62.4 Å². The van der Waals surface area contributed by atoms with Crippen molar-refractivity contribution < 1.29 is 9.68 Å². The number of aliphatic hydroxyl groups is 1. The average molecular weight is 323 g/mol. The van der Waals surface area contributed by atoms with Crippen LogP contribution in [0.25, 0.3) is 0 Å². The summed E-state index contributed by atoms with van der Waals surface area (Å²) in [5, 5.41) is 9.92. The van der Waals surface area contributed by atoms with E-state index >= 15 is 0 Å². The van der Waals surface area contributed by atoms with Crippen LogP contribution < -0.4 is 4.90 Å². The molecule has 0 unspecified atom stereocenters. The first-order valence-electron chi connectivity index (χ1n) is 8.92. The maximum absolute atomic E-state index is 9.92. The van der Waals surface area contributed by atoms with Crippen LogP contribution in [0.1, 0.15) is 36.6 Å². The van der Waals surface area contributed by atoms with Crippen LogP contribution in [-0.4, -0.2) is 35.7 Å². The zero-order valence-electron chi connectivity index (χ0n) is 14.7. The molecule has 1 atom stereocenters. The highest BCUT2D eigenvalue weighted by Crippen LogP contribution is 2.28. The van der Waals surface area contributed by atoms with Gasteiger partial charge >= 0.3 is 0 Å². The van der Waals surface area contributed by atoms with E-state index in [9.17, 15) is 5.11 Å². The van der Waals surface area contributed by atoms with Crippen molar-refractivity contribution in [3.8, 4) is 0 Å². The van der Waals surface area contributed by atoms with Crippen LogP contribution in [0.2, 0.25) is 0 Å². The fraction of sp³-hybridized carbons (Fsp3) is 0.381. The maximum atomic E-state index is 9.92. The molecule has 0 radical (unpaired) electrons. The summed E-state index contributed by atoms with van der Waals surface area (Å²) >= 11 is 0. The molecule has 0 saturated carbocycles. The molecule has 3 nitrogen and oxygen atoms in total. The van der Waals surface area contributed by atoms with E-state index in [0.29, 0.717) is 0 Å². The first-order valence-corrected chi connectivity index (χ1v) is 8.92. The van der Waals surface area contributed by atoms with Crippen LogP contribution in [0.15, 0.2) is 48.5 Å². The second-order valence-corrected chi connectivity index (χ2v) is 6.29. The van der Waals surface area contributed by atoms with Crippen molar-refractivity contribution in [3.05, 3.63) is 65.2 Å². The van der Waals surface area contributed by atoms with Crippen LogP contribution in [-0.2, 0) is 12.8 Å². The zero-order valence-corrected chi connectivity index (χ0v) is 14.7. The molecule has 3 rings (SSSR count). The Labute approximate surface area is 144 Å². The molecule has 0 bridgehead atoms. The third-order valence-corrected chi connectivity index (χ3v) is 4.90. The van der Waals surface area contributed by atoms with E-state index < -0.39 is 0 Å². The molecule has 1 aliphatic rings. The van der Waals surface area contributed by atoms with Gasteiger partial charge in [-0.05, 0) is 29.5 Å². The van der Waals surface area contributed by atoms with Gasteiger partial charge < -0.3 is 5.11 Å². The van der Waals surface area contributed by atoms with Crippen molar-refractivity contribution >= 4 is 12.0 Å². The summed E-state index contributed by atoms with van der Waals surface area (Å²) in [5.74, 6) is 0. The van der Waals surface area contributed by atoms with Gasteiger partial charge in [-0.15, -0.1) is 0 Å². The topological polar surface area (TPSA) is 26.5 Å². The van der Waals surface area contributed by atoms with E-state index in [-0.39, 0.29) is 12.6 Å². The van der Waals surface area contributed by atoms with E-state index in [2.05, 4.69) is 60.0 Å². The van der Waals surface area contributed by atoms with Crippen LogP contribution in [0.5, 0.6) is 0 Å². The van der Waals surface area contributed by atoms with Crippen molar-refractivity contribution in [1.82, 2.24) is 0 Å². The van der Waals surface area contributed by atoms with E-state index in [0.717, 1.165) is 31.5 Å². The van der Waals surface area contributed by atoms with E-state index in [1.165, 1.54) is 16.8 Å². The summed E-state index contributed by atoms with van der Waals surface area (Å²) in [6.45, 7) is 6.46. The Hall–Kier alpha value is -2.13. The molecule has 2 aromatic carbocycles. The predicted octanol–water partition coefficient (Wildman–Crippen LogP) is 3.41. The van der Waals surface area contributed by atoms with Gasteiger partial charge in [0.2, 0.25) is 6.34 Å². The largest absolute Gasteiger partial charge is 0.392 e. The zero-order chi connectivity index (χ0) is 16.9. The van der Waals surface area contributed by atoms with Gasteiger partial charge in [-0.25, -0.2) is 4.90 Å². The Kier molecular flexibility index (Phi) is 5.31. The number of nitrogens with zero attached hydrogens (tertiary/aromatic N) is 2. The molecule has 0 spiro atoms. The summed E-state index contributed by atoms with van der Waals surface area (Å²) in [5.41, 5.74) is 5.31. The lowest BCUT2D eigenvalue weighted by Crippen LogP contribution is -2.22. The second kappa shape index (κ2) is 7.63. The average Bonchev–Trinajstić information content (AvgIpc) is 3.11. The number of aryl methyl sites for hydroxylation is 2. The highest BCUT2D eigenvalue weighted by atomic mass is 16.3. The Morgan fingerprint density at radius 3 is 2.25 bits per heavy atom. The minimum absolute atomic E-state index is 0.0232. The summed E-state index contributed by atoms with van der Waals surface area (Å²) in [6.07, 6.45) is 4.27. The molecule has 1 aliphatic heterocycles. The first-order chi connectivity index (χ1) is 11.8. The van der Waals surface area contributed by atoms with Gasteiger partial charge in [0, 0.05) is 0 Å². The molecule has 126 valence electrons. The summed E-state index contributed by atoms with van der Waals surface area (Å²) in [7, 11) is 0. The molecule has 2 aromatic rings. The summed E-state index contributed by atoms with van der Waals surface area (Å²) in [6, 6.07) is 16.9. The number of rotatable bonds is 6. The van der Waals surface area contributed by atoms with Gasteiger partial charge in [0.15, 0.2) is 0 Å². The molecule has 3 heteroatoms. The van der Waals surface area contributed by atoms with Crippen molar-refractivity contribution in [3.63, 3.8) is 0 Å². The van der Waals surface area contributed by atoms with Gasteiger partial charge in [0.05, 0.1) is 6.61 Å². The van der Waals surface area contributed by atoms with Gasteiger partial charge in [0.25, 0.3) is 0 Å². The van der Waals surface area contributed by atoms with Crippen LogP contribution in [0.3, 0.4) is 0 Å². The molecular weight excluding hydrogens is 296 g/mol. The molecule has 0 aliphatic carbocycles. The maximum Gasteiger partial charge on any atom is 0.240 e. The monoisotopic (exact) mass is 323 g/mol. The lowest BCUT2D eigenvalue weighted by atomic mass is 10.0. The normalized spacial score (nSPS) is 15.5. The highest BCUT2D eigenvalue weighted by molar-refractivity contribution is 5.81. The SMILES string of the molecule is CCc1cccc(CC)c1N1C=[N+]([C@H](CO)c2ccccc2)CC1. The summed E-state index contributed by atoms with van der Waals surface area (Å²) < 4.78 is 2.27. The number of benzene rings is 2. The number of aliphatic hydroxyl groups excluding tert-OH is 1. The van der Waals surface area contributed by atoms with E-state index in [1.807, 2.05) is 18.2 Å². The smallest absolute Gasteiger partial charge is 0.240 e. The Balaban J connectivity index is 1.94. The third kappa shape index (κ3) is 3.22. The molecule has 24 heavy (non-hydrogen) atoms. The fourth-order valence-corrected chi connectivity index (χ4v) is 3.58. The van der Waals surface area contributed by atoms with Crippen LogP contribution in [0, 0.1) is 0 Å². The van der Waals surface area contributed by atoms with E-state index in [1.54, 1.807) is 0 Å². The Bertz CT molecular complexity index is 687. The number of anilines is 1. The number of hydrogen-bond donors (Lipinski definition) is 1. The molecule has 0 amide bonds. The van der Waals surface area contributed by atoms with Crippen molar-refractivity contribution in [2.24, 2.45) is 0 Å². The van der Waals surface area contributed by atoms with Gasteiger partial charge in [-0.3, -0.25) is 4.58 Å². The van der Waals surface area contributed by atoms with Crippen LogP contribution in [0.4, 0.5) is 5.69 Å². The summed E-state index contributed by atoms with van der Waals surface area (Å²) in [4.78, 5) is 2.36. The minimum Gasteiger partial charge on any atom is -0.392 e. The molecule has 0 fully saturated rings. The molecule has 0 aromatic heterocycles. The van der Waals surface area contributed by atoms with Crippen molar-refractivity contribution in [2.75, 3.05) is 24.6 Å². The molecule has 0 saturated heterocycles. The predicted molar refractivity (Wildman–Crippen MR) is 100 cm³/mol. The van der Waals surface area contributed by atoms with Crippen molar-refractivity contribution in [1.29, 1.82) is 0 Å². The van der Waals surface area contributed by atoms with Gasteiger partial charge in [0.1, 0.15) is 24.8 Å². The lowest BCUT2D eigenvalue weighted by Gasteiger charge is -2.15. The minimum atomic E-state index is 0.0232. The number of para-hydroxylation sites is 1. The molecule has 1 heterocycles.